The van der Waals surface area contributed by atoms with Crippen molar-refractivity contribution in [1.82, 2.24) is 8.87 Å². The van der Waals surface area contributed by atoms with Crippen molar-refractivity contribution in [3.8, 4) is 17.2 Å². The summed E-state index contributed by atoms with van der Waals surface area (Å²) < 4.78 is 46.9. The summed E-state index contributed by atoms with van der Waals surface area (Å²) in [5, 5.41) is 1.24. The predicted octanol–water partition coefficient (Wildman–Crippen LogP) is 5.59. The van der Waals surface area contributed by atoms with E-state index in [1.165, 1.54) is 48.0 Å². The van der Waals surface area contributed by atoms with Gasteiger partial charge in [0.1, 0.15) is 5.75 Å². The maximum absolute atomic E-state index is 13.5. The van der Waals surface area contributed by atoms with E-state index in [1.54, 1.807) is 23.5 Å². The molecule has 0 unspecified atom stereocenters. The van der Waals surface area contributed by atoms with E-state index in [2.05, 4.69) is 47.9 Å². The van der Waals surface area contributed by atoms with Gasteiger partial charge in [-0.15, -0.1) is 0 Å². The van der Waals surface area contributed by atoms with E-state index < -0.39 is 10.0 Å². The molecule has 1 saturated heterocycles. The lowest BCUT2D eigenvalue weighted by molar-refractivity contribution is 0.319. The Hall–Kier alpha value is -3.49. The second-order valence-electron chi connectivity index (χ2n) is 9.65. The van der Waals surface area contributed by atoms with E-state index in [9.17, 15) is 8.42 Å². The summed E-state index contributed by atoms with van der Waals surface area (Å²) in [6, 6.07) is 21.4. The van der Waals surface area contributed by atoms with E-state index in [1.807, 2.05) is 12.1 Å². The largest absolute Gasteiger partial charge is 0.497 e. The average molecular weight is 535 g/mol. The first-order valence-corrected chi connectivity index (χ1v) is 14.2. The highest BCUT2D eigenvalue weighted by Crippen LogP contribution is 2.39. The summed E-state index contributed by atoms with van der Waals surface area (Å²) in [6.45, 7) is 3.87. The maximum Gasteiger partial charge on any atom is 0.243 e. The molecule has 0 atom stereocenters. The van der Waals surface area contributed by atoms with Crippen molar-refractivity contribution in [2.45, 2.75) is 37.1 Å². The summed E-state index contributed by atoms with van der Waals surface area (Å²) in [5.74, 6) is 2.04. The molecule has 4 aromatic rings. The monoisotopic (exact) mass is 534 g/mol. The van der Waals surface area contributed by atoms with Crippen LogP contribution in [0.4, 0.5) is 0 Å². The lowest BCUT2D eigenvalue weighted by Gasteiger charge is -2.32. The lowest BCUT2D eigenvalue weighted by Crippen LogP contribution is -2.38. The highest BCUT2D eigenvalue weighted by atomic mass is 32.2. The van der Waals surface area contributed by atoms with Crippen LogP contribution in [-0.4, -0.2) is 51.7 Å². The molecule has 0 spiro atoms. The molecular formula is C30H34N2O5S. The summed E-state index contributed by atoms with van der Waals surface area (Å²) >= 11 is 0. The first-order valence-electron chi connectivity index (χ1n) is 12.8. The van der Waals surface area contributed by atoms with E-state index in [0.717, 1.165) is 25.1 Å². The topological polar surface area (TPSA) is 70.0 Å². The van der Waals surface area contributed by atoms with E-state index >= 15 is 0 Å². The van der Waals surface area contributed by atoms with Gasteiger partial charge in [-0.3, -0.25) is 0 Å². The highest BCUT2D eigenvalue weighted by molar-refractivity contribution is 7.89. The first kappa shape index (κ1) is 26.1. The summed E-state index contributed by atoms with van der Waals surface area (Å²) in [5.41, 5.74) is 4.93. The minimum absolute atomic E-state index is 0.222. The number of aromatic nitrogens is 1. The van der Waals surface area contributed by atoms with Gasteiger partial charge < -0.3 is 18.8 Å². The lowest BCUT2D eigenvalue weighted by atomic mass is 9.88. The number of nitrogens with zero attached hydrogens (tertiary/aromatic N) is 2. The van der Waals surface area contributed by atoms with Gasteiger partial charge in [0, 0.05) is 42.3 Å². The molecule has 0 aliphatic carbocycles. The van der Waals surface area contributed by atoms with E-state index in [0.29, 0.717) is 24.6 Å². The van der Waals surface area contributed by atoms with Crippen molar-refractivity contribution in [3.63, 3.8) is 0 Å². The molecule has 200 valence electrons. The van der Waals surface area contributed by atoms with Gasteiger partial charge in [-0.2, -0.15) is 4.31 Å². The molecule has 7 nitrogen and oxygen atoms in total. The Kier molecular flexibility index (Phi) is 7.36. The number of rotatable bonds is 8. The van der Waals surface area contributed by atoms with Crippen LogP contribution in [0.1, 0.15) is 35.6 Å². The molecule has 38 heavy (non-hydrogen) atoms. The average Bonchev–Trinajstić information content (AvgIpc) is 3.23. The zero-order chi connectivity index (χ0) is 26.9. The Morgan fingerprint density at radius 2 is 1.58 bits per heavy atom. The molecule has 0 bridgehead atoms. The standard InChI is InChI=1S/C30H34N2O5S/c1-21-30(26-10-5-6-11-27(26)32(21)20-22-8-7-9-24(18-22)35-2)23-14-16-31(17-15-23)38(33,34)25-12-13-28(36-3)29(19-25)37-4/h5-13,18-19,23H,14-17,20H2,1-4H3. The molecule has 1 aliphatic heterocycles. The minimum Gasteiger partial charge on any atom is -0.497 e. The van der Waals surface area contributed by atoms with E-state index in [4.69, 9.17) is 14.2 Å². The van der Waals surface area contributed by atoms with Crippen molar-refractivity contribution in [3.05, 3.63) is 83.6 Å². The predicted molar refractivity (Wildman–Crippen MR) is 149 cm³/mol. The van der Waals surface area contributed by atoms with Crippen LogP contribution < -0.4 is 14.2 Å². The molecule has 1 aliphatic rings. The van der Waals surface area contributed by atoms with Crippen molar-refractivity contribution >= 4 is 20.9 Å². The third-order valence-corrected chi connectivity index (χ3v) is 9.50. The Morgan fingerprint density at radius 1 is 0.842 bits per heavy atom. The molecule has 2 heterocycles. The van der Waals surface area contributed by atoms with Gasteiger partial charge in [0.2, 0.25) is 10.0 Å². The summed E-state index contributed by atoms with van der Waals surface area (Å²) in [6.07, 6.45) is 1.53. The Labute approximate surface area is 224 Å². The number of methoxy groups -OCH3 is 3. The second kappa shape index (κ2) is 10.7. The van der Waals surface area contributed by atoms with Crippen LogP contribution in [0, 0.1) is 6.92 Å². The smallest absolute Gasteiger partial charge is 0.243 e. The molecule has 8 heteroatoms. The van der Waals surface area contributed by atoms with Crippen molar-refractivity contribution in [2.24, 2.45) is 0 Å². The molecule has 0 N–H and O–H groups in total. The van der Waals surface area contributed by atoms with Gasteiger partial charge in [0.15, 0.2) is 11.5 Å². The van der Waals surface area contributed by atoms with Crippen molar-refractivity contribution in [2.75, 3.05) is 34.4 Å². The first-order chi connectivity index (χ1) is 18.4. The van der Waals surface area contributed by atoms with Crippen molar-refractivity contribution in [1.29, 1.82) is 0 Å². The highest BCUT2D eigenvalue weighted by Gasteiger charge is 2.32. The van der Waals surface area contributed by atoms with E-state index in [-0.39, 0.29) is 10.8 Å². The number of hydrogen-bond acceptors (Lipinski definition) is 5. The summed E-state index contributed by atoms with van der Waals surface area (Å²) in [4.78, 5) is 0.222. The number of sulfonamides is 1. The number of benzene rings is 3. The van der Waals surface area contributed by atoms with Crippen LogP contribution in [0.3, 0.4) is 0 Å². The van der Waals surface area contributed by atoms with Gasteiger partial charge in [0.25, 0.3) is 0 Å². The zero-order valence-electron chi connectivity index (χ0n) is 22.3. The fourth-order valence-corrected chi connectivity index (χ4v) is 7.13. The molecule has 0 saturated carbocycles. The molecule has 0 radical (unpaired) electrons. The third-order valence-electron chi connectivity index (χ3n) is 7.61. The quantitative estimate of drug-likeness (QED) is 0.295. The van der Waals surface area contributed by atoms with Gasteiger partial charge in [-0.05, 0) is 67.1 Å². The second-order valence-corrected chi connectivity index (χ2v) is 11.6. The van der Waals surface area contributed by atoms with Crippen LogP contribution in [0.5, 0.6) is 17.2 Å². The summed E-state index contributed by atoms with van der Waals surface area (Å²) in [7, 11) is 1.09. The number of para-hydroxylation sites is 1. The molecule has 5 rings (SSSR count). The number of ether oxygens (including phenoxy) is 3. The Bertz CT molecular complexity index is 1550. The number of hydrogen-bond donors (Lipinski definition) is 0. The molecule has 0 amide bonds. The van der Waals surface area contributed by atoms with Crippen molar-refractivity contribution < 1.29 is 22.6 Å². The maximum atomic E-state index is 13.5. The van der Waals surface area contributed by atoms with Crippen LogP contribution in [0.15, 0.2) is 71.6 Å². The van der Waals surface area contributed by atoms with Gasteiger partial charge in [0.05, 0.1) is 26.2 Å². The van der Waals surface area contributed by atoms with Gasteiger partial charge >= 0.3 is 0 Å². The molecule has 1 aromatic heterocycles. The van der Waals surface area contributed by atoms with Gasteiger partial charge in [-0.25, -0.2) is 8.42 Å². The van der Waals surface area contributed by atoms with Crippen LogP contribution in [0.2, 0.25) is 0 Å². The zero-order valence-corrected chi connectivity index (χ0v) is 23.1. The molecule has 1 fully saturated rings. The minimum atomic E-state index is -3.64. The number of piperidine rings is 1. The number of fused-ring (bicyclic) bond motifs is 1. The van der Waals surface area contributed by atoms with Gasteiger partial charge in [-0.1, -0.05) is 30.3 Å². The fraction of sp³-hybridized carbons (Fsp3) is 0.333. The van der Waals surface area contributed by atoms with Crippen LogP contribution >= 0.6 is 0 Å². The Balaban J connectivity index is 1.40. The Morgan fingerprint density at radius 3 is 2.29 bits per heavy atom. The van der Waals surface area contributed by atoms with Crippen LogP contribution in [-0.2, 0) is 16.6 Å². The third kappa shape index (κ3) is 4.74. The van der Waals surface area contributed by atoms with Crippen LogP contribution in [0.25, 0.3) is 10.9 Å². The molecule has 3 aromatic carbocycles. The fourth-order valence-electron chi connectivity index (χ4n) is 5.64. The normalized spacial score (nSPS) is 15.1. The molecular weight excluding hydrogens is 500 g/mol. The SMILES string of the molecule is COc1cccc(Cn2c(C)c(C3CCN(S(=O)(=O)c4ccc(OC)c(OC)c4)CC3)c3ccccc32)c1.